The highest BCUT2D eigenvalue weighted by Gasteiger charge is 2.02. The molecule has 5 heteroatoms. The molecule has 13 heavy (non-hydrogen) atoms. The minimum atomic E-state index is 0.816. The average molecular weight is 303 g/mol. The number of nitrogens with zero attached hydrogens (tertiary/aromatic N) is 3. The van der Waals surface area contributed by atoms with E-state index in [9.17, 15) is 0 Å². The summed E-state index contributed by atoms with van der Waals surface area (Å²) in [6, 6.07) is 3.77. The van der Waals surface area contributed by atoms with Crippen molar-refractivity contribution in [2.24, 2.45) is 0 Å². The van der Waals surface area contributed by atoms with Crippen molar-refractivity contribution in [1.82, 2.24) is 14.8 Å². The Kier molecular flexibility index (Phi) is 2.46. The SMILES string of the molecule is Brc1ccn(-c2ccncc2Br)n1. The molecule has 0 N–H and O–H groups in total. The molecule has 0 radical (unpaired) electrons. The Labute approximate surface area is 92.1 Å². The molecule has 0 fully saturated rings. The smallest absolute Gasteiger partial charge is 0.128 e. The molecule has 0 aliphatic heterocycles. The topological polar surface area (TPSA) is 30.7 Å². The first-order chi connectivity index (χ1) is 6.27. The molecule has 2 aromatic rings. The first-order valence-corrected chi connectivity index (χ1v) is 5.17. The summed E-state index contributed by atoms with van der Waals surface area (Å²) in [5, 5.41) is 4.22. The highest BCUT2D eigenvalue weighted by molar-refractivity contribution is 9.10. The molecule has 66 valence electrons. The van der Waals surface area contributed by atoms with Gasteiger partial charge in [0.05, 0.1) is 10.2 Å². The molecule has 0 aliphatic rings. The van der Waals surface area contributed by atoms with Gasteiger partial charge in [0.2, 0.25) is 0 Å². The predicted molar refractivity (Wildman–Crippen MR) is 56.8 cm³/mol. The van der Waals surface area contributed by atoms with Crippen LogP contribution in [0, 0.1) is 0 Å². The van der Waals surface area contributed by atoms with Crippen molar-refractivity contribution in [3.63, 3.8) is 0 Å². The lowest BCUT2D eigenvalue weighted by Crippen LogP contribution is -1.95. The lowest BCUT2D eigenvalue weighted by atomic mass is 10.4. The Morgan fingerprint density at radius 3 is 2.69 bits per heavy atom. The molecular formula is C8H5Br2N3. The predicted octanol–water partition coefficient (Wildman–Crippen LogP) is 2.79. The third kappa shape index (κ3) is 1.81. The van der Waals surface area contributed by atoms with E-state index in [1.165, 1.54) is 0 Å². The zero-order chi connectivity index (χ0) is 9.26. The van der Waals surface area contributed by atoms with Gasteiger partial charge in [-0.15, -0.1) is 0 Å². The largest absolute Gasteiger partial charge is 0.263 e. The summed E-state index contributed by atoms with van der Waals surface area (Å²) >= 11 is 6.69. The lowest BCUT2D eigenvalue weighted by Gasteiger charge is -2.01. The number of hydrogen-bond acceptors (Lipinski definition) is 2. The summed E-state index contributed by atoms with van der Waals surface area (Å²) in [7, 11) is 0. The van der Waals surface area contributed by atoms with Crippen molar-refractivity contribution in [1.29, 1.82) is 0 Å². The van der Waals surface area contributed by atoms with Gasteiger partial charge in [0.15, 0.2) is 0 Å². The van der Waals surface area contributed by atoms with Crippen LogP contribution in [0.5, 0.6) is 0 Å². The van der Waals surface area contributed by atoms with E-state index in [0.717, 1.165) is 14.8 Å². The van der Waals surface area contributed by atoms with Gasteiger partial charge in [0.1, 0.15) is 4.60 Å². The fourth-order valence-corrected chi connectivity index (χ4v) is 1.71. The van der Waals surface area contributed by atoms with Crippen LogP contribution in [0.4, 0.5) is 0 Å². The van der Waals surface area contributed by atoms with Gasteiger partial charge < -0.3 is 0 Å². The van der Waals surface area contributed by atoms with Gasteiger partial charge in [-0.1, -0.05) is 0 Å². The Balaban J connectivity index is 2.52. The molecule has 0 spiro atoms. The van der Waals surface area contributed by atoms with Crippen LogP contribution in [-0.4, -0.2) is 14.8 Å². The number of aromatic nitrogens is 3. The van der Waals surface area contributed by atoms with Gasteiger partial charge in [-0.05, 0) is 44.0 Å². The van der Waals surface area contributed by atoms with Gasteiger partial charge in [0.25, 0.3) is 0 Å². The van der Waals surface area contributed by atoms with Gasteiger partial charge >= 0.3 is 0 Å². The fraction of sp³-hybridized carbons (Fsp3) is 0. The standard InChI is InChI=1S/C8H5Br2N3/c9-6-5-11-3-1-7(6)13-4-2-8(10)12-13/h1-5H. The first-order valence-electron chi connectivity index (χ1n) is 3.58. The zero-order valence-corrected chi connectivity index (χ0v) is 9.66. The molecule has 0 aliphatic carbocycles. The van der Waals surface area contributed by atoms with E-state index in [1.54, 1.807) is 17.1 Å². The van der Waals surface area contributed by atoms with Crippen LogP contribution in [0.25, 0.3) is 5.69 Å². The van der Waals surface area contributed by atoms with Crippen molar-refractivity contribution in [2.75, 3.05) is 0 Å². The van der Waals surface area contributed by atoms with Crippen LogP contribution in [0.1, 0.15) is 0 Å². The fourth-order valence-electron chi connectivity index (χ4n) is 0.990. The van der Waals surface area contributed by atoms with E-state index in [0.29, 0.717) is 0 Å². The minimum Gasteiger partial charge on any atom is -0.263 e. The molecule has 3 nitrogen and oxygen atoms in total. The zero-order valence-electron chi connectivity index (χ0n) is 6.48. The van der Waals surface area contributed by atoms with Gasteiger partial charge in [0, 0.05) is 18.6 Å². The Hall–Kier alpha value is -0.680. The molecule has 2 aromatic heterocycles. The quantitative estimate of drug-likeness (QED) is 0.811. The molecule has 0 saturated heterocycles. The maximum Gasteiger partial charge on any atom is 0.128 e. The number of halogens is 2. The molecule has 0 unspecified atom stereocenters. The summed E-state index contributed by atoms with van der Waals surface area (Å²) in [5.74, 6) is 0. The van der Waals surface area contributed by atoms with Gasteiger partial charge in [-0.2, -0.15) is 5.10 Å². The van der Waals surface area contributed by atoms with E-state index in [4.69, 9.17) is 0 Å². The first kappa shape index (κ1) is 8.90. The van der Waals surface area contributed by atoms with Crippen molar-refractivity contribution >= 4 is 31.9 Å². The summed E-state index contributed by atoms with van der Waals surface area (Å²) in [4.78, 5) is 3.98. The Bertz CT molecular complexity index is 425. The molecule has 0 aromatic carbocycles. The molecule has 2 rings (SSSR count). The van der Waals surface area contributed by atoms with E-state index >= 15 is 0 Å². The van der Waals surface area contributed by atoms with Crippen LogP contribution in [-0.2, 0) is 0 Å². The third-order valence-electron chi connectivity index (χ3n) is 1.55. The normalized spacial score (nSPS) is 10.3. The summed E-state index contributed by atoms with van der Waals surface area (Å²) in [5.41, 5.74) is 0.973. The van der Waals surface area contributed by atoms with Crippen LogP contribution in [0.2, 0.25) is 0 Å². The van der Waals surface area contributed by atoms with Gasteiger partial charge in [-0.25, -0.2) is 4.68 Å². The molecule has 0 bridgehead atoms. The molecule has 2 heterocycles. The number of hydrogen-bond donors (Lipinski definition) is 0. The van der Waals surface area contributed by atoms with Crippen LogP contribution in [0.15, 0.2) is 39.8 Å². The van der Waals surface area contributed by atoms with E-state index in [1.807, 2.05) is 18.3 Å². The maximum absolute atomic E-state index is 4.22. The van der Waals surface area contributed by atoms with E-state index in [2.05, 4.69) is 41.9 Å². The Morgan fingerprint density at radius 1 is 1.23 bits per heavy atom. The molecule has 0 atom stereocenters. The Morgan fingerprint density at radius 2 is 2.08 bits per heavy atom. The average Bonchev–Trinajstić information content (AvgIpc) is 2.53. The highest BCUT2D eigenvalue weighted by Crippen LogP contribution is 2.19. The second kappa shape index (κ2) is 3.59. The van der Waals surface area contributed by atoms with E-state index in [-0.39, 0.29) is 0 Å². The maximum atomic E-state index is 4.22. The third-order valence-corrected chi connectivity index (χ3v) is 2.59. The summed E-state index contributed by atoms with van der Waals surface area (Å²) < 4.78 is 3.51. The minimum absolute atomic E-state index is 0.816. The van der Waals surface area contributed by atoms with Crippen molar-refractivity contribution in [3.8, 4) is 5.69 Å². The second-order valence-electron chi connectivity index (χ2n) is 2.41. The van der Waals surface area contributed by atoms with Gasteiger partial charge in [-0.3, -0.25) is 4.98 Å². The second-order valence-corrected chi connectivity index (χ2v) is 4.08. The lowest BCUT2D eigenvalue weighted by molar-refractivity contribution is 0.863. The van der Waals surface area contributed by atoms with Crippen molar-refractivity contribution < 1.29 is 0 Å². The number of pyridine rings is 1. The number of rotatable bonds is 1. The van der Waals surface area contributed by atoms with Crippen LogP contribution >= 0.6 is 31.9 Å². The highest BCUT2D eigenvalue weighted by atomic mass is 79.9. The van der Waals surface area contributed by atoms with Crippen LogP contribution < -0.4 is 0 Å². The van der Waals surface area contributed by atoms with Crippen molar-refractivity contribution in [2.45, 2.75) is 0 Å². The van der Waals surface area contributed by atoms with E-state index < -0.39 is 0 Å². The summed E-state index contributed by atoms with van der Waals surface area (Å²) in [6.45, 7) is 0. The molecule has 0 saturated carbocycles. The molecular weight excluding hydrogens is 298 g/mol. The summed E-state index contributed by atoms with van der Waals surface area (Å²) in [6.07, 6.45) is 5.35. The van der Waals surface area contributed by atoms with Crippen molar-refractivity contribution in [3.05, 3.63) is 39.8 Å². The van der Waals surface area contributed by atoms with Crippen LogP contribution in [0.3, 0.4) is 0 Å². The monoisotopic (exact) mass is 301 g/mol. The molecule has 0 amide bonds.